The first kappa shape index (κ1) is 14.7. The lowest BCUT2D eigenvalue weighted by Crippen LogP contribution is -2.25. The summed E-state index contributed by atoms with van der Waals surface area (Å²) < 4.78 is 7.99. The van der Waals surface area contributed by atoms with E-state index in [0.29, 0.717) is 5.92 Å². The molecule has 6 heteroatoms. The molecule has 1 aliphatic heterocycles. The van der Waals surface area contributed by atoms with Crippen LogP contribution in [0.3, 0.4) is 0 Å². The Bertz CT molecular complexity index is 580. The van der Waals surface area contributed by atoms with E-state index in [1.54, 1.807) is 11.3 Å². The molecule has 3 heterocycles. The highest BCUT2D eigenvalue weighted by Gasteiger charge is 2.31. The third-order valence-corrected chi connectivity index (χ3v) is 5.03. The minimum Gasteiger partial charge on any atom is -0.372 e. The van der Waals surface area contributed by atoms with Crippen LogP contribution in [0.15, 0.2) is 17.8 Å². The van der Waals surface area contributed by atoms with Crippen molar-refractivity contribution in [3.05, 3.63) is 34.0 Å². The largest absolute Gasteiger partial charge is 0.372 e. The molecule has 0 aliphatic carbocycles. The number of nitrogens with zero attached hydrogens (tertiary/aromatic N) is 3. The highest BCUT2D eigenvalue weighted by Crippen LogP contribution is 2.34. The number of aromatic nitrogens is 3. The minimum atomic E-state index is 0.169. The third kappa shape index (κ3) is 3.17. The van der Waals surface area contributed by atoms with Crippen LogP contribution < -0.4 is 5.32 Å². The van der Waals surface area contributed by atoms with Crippen molar-refractivity contribution < 1.29 is 4.74 Å². The fourth-order valence-corrected chi connectivity index (χ4v) is 3.63. The molecule has 1 N–H and O–H groups in total. The van der Waals surface area contributed by atoms with Gasteiger partial charge < -0.3 is 10.1 Å². The maximum absolute atomic E-state index is 5.95. The predicted molar refractivity (Wildman–Crippen MR) is 83.3 cm³/mol. The van der Waals surface area contributed by atoms with Crippen LogP contribution in [0.25, 0.3) is 0 Å². The Balaban J connectivity index is 1.58. The summed E-state index contributed by atoms with van der Waals surface area (Å²) in [5.74, 6) is 0.514. The van der Waals surface area contributed by atoms with E-state index in [-0.39, 0.29) is 6.10 Å². The van der Waals surface area contributed by atoms with Crippen molar-refractivity contribution in [3.63, 3.8) is 0 Å². The molecule has 0 unspecified atom stereocenters. The zero-order valence-corrected chi connectivity index (χ0v) is 13.4. The van der Waals surface area contributed by atoms with E-state index >= 15 is 0 Å². The van der Waals surface area contributed by atoms with Gasteiger partial charge in [-0.1, -0.05) is 0 Å². The van der Waals surface area contributed by atoms with Crippen molar-refractivity contribution in [2.24, 2.45) is 5.92 Å². The molecule has 114 valence electrons. The summed E-state index contributed by atoms with van der Waals surface area (Å²) in [6, 6.07) is 2.08. The Kier molecular flexibility index (Phi) is 4.67. The smallest absolute Gasteiger partial charge is 0.103 e. The van der Waals surface area contributed by atoms with Gasteiger partial charge in [0.25, 0.3) is 0 Å². The van der Waals surface area contributed by atoms with Gasteiger partial charge in [0.2, 0.25) is 0 Å². The molecule has 21 heavy (non-hydrogen) atoms. The average Bonchev–Trinajstić information content (AvgIpc) is 3.19. The quantitative estimate of drug-likeness (QED) is 0.891. The maximum Gasteiger partial charge on any atom is 0.103 e. The van der Waals surface area contributed by atoms with Gasteiger partial charge in [-0.15, -0.1) is 11.3 Å². The highest BCUT2D eigenvalue weighted by molar-refractivity contribution is 7.09. The minimum absolute atomic E-state index is 0.169. The molecule has 0 amide bonds. The van der Waals surface area contributed by atoms with Crippen molar-refractivity contribution in [2.45, 2.75) is 39.5 Å². The van der Waals surface area contributed by atoms with Gasteiger partial charge in [-0.05, 0) is 26.3 Å². The SMILES string of the molecule is CCn1nccc1[C@@H]1OCC[C@H]1CNCc1scnc1C. The molecule has 0 saturated carbocycles. The first-order valence-corrected chi connectivity index (χ1v) is 8.40. The van der Waals surface area contributed by atoms with E-state index in [9.17, 15) is 0 Å². The first-order valence-electron chi connectivity index (χ1n) is 7.52. The van der Waals surface area contributed by atoms with Gasteiger partial charge in [0.05, 0.1) is 16.9 Å². The number of hydrogen-bond acceptors (Lipinski definition) is 5. The number of thiazole rings is 1. The van der Waals surface area contributed by atoms with Gasteiger partial charge in [-0.3, -0.25) is 4.68 Å². The van der Waals surface area contributed by atoms with Gasteiger partial charge in [-0.2, -0.15) is 5.10 Å². The van der Waals surface area contributed by atoms with Crippen molar-refractivity contribution in [1.82, 2.24) is 20.1 Å². The molecule has 2 aromatic rings. The maximum atomic E-state index is 5.95. The standard InChI is InChI=1S/C15H22N4OS/c1-3-19-13(4-6-18-19)15-12(5-7-20-15)8-16-9-14-11(2)17-10-21-14/h4,6,10,12,15-16H,3,5,7-9H2,1-2H3/t12-,15+/m0/s1. The normalized spacial score (nSPS) is 22.0. The van der Waals surface area contributed by atoms with Crippen molar-refractivity contribution in [2.75, 3.05) is 13.2 Å². The number of ether oxygens (including phenoxy) is 1. The van der Waals surface area contributed by atoms with E-state index in [0.717, 1.165) is 38.4 Å². The molecule has 2 aromatic heterocycles. The second-order valence-electron chi connectivity index (χ2n) is 5.40. The molecule has 1 fully saturated rings. The average molecular weight is 306 g/mol. The zero-order chi connectivity index (χ0) is 14.7. The molecular formula is C15H22N4OS. The van der Waals surface area contributed by atoms with Crippen LogP contribution in [-0.2, 0) is 17.8 Å². The van der Waals surface area contributed by atoms with Crippen molar-refractivity contribution in [3.8, 4) is 0 Å². The van der Waals surface area contributed by atoms with E-state index in [4.69, 9.17) is 4.74 Å². The molecule has 3 rings (SSSR count). The number of aryl methyl sites for hydroxylation is 2. The number of rotatable bonds is 6. The molecule has 0 spiro atoms. The van der Waals surface area contributed by atoms with Gasteiger partial charge in [0.1, 0.15) is 6.10 Å². The van der Waals surface area contributed by atoms with Gasteiger partial charge in [-0.25, -0.2) is 4.98 Å². The molecule has 1 saturated heterocycles. The summed E-state index contributed by atoms with van der Waals surface area (Å²) >= 11 is 1.72. The Morgan fingerprint density at radius 1 is 1.52 bits per heavy atom. The van der Waals surface area contributed by atoms with Crippen LogP contribution in [0.1, 0.15) is 35.7 Å². The zero-order valence-electron chi connectivity index (χ0n) is 12.6. The second-order valence-corrected chi connectivity index (χ2v) is 6.34. The van der Waals surface area contributed by atoms with Gasteiger partial charge in [0.15, 0.2) is 0 Å². The van der Waals surface area contributed by atoms with E-state index < -0.39 is 0 Å². The Labute approximate surface area is 129 Å². The van der Waals surface area contributed by atoms with Crippen molar-refractivity contribution in [1.29, 1.82) is 0 Å². The molecule has 0 aromatic carbocycles. The van der Waals surface area contributed by atoms with Gasteiger partial charge in [0, 0.05) is 43.2 Å². The van der Waals surface area contributed by atoms with Gasteiger partial charge >= 0.3 is 0 Å². The second kappa shape index (κ2) is 6.68. The van der Waals surface area contributed by atoms with Crippen LogP contribution in [0.5, 0.6) is 0 Å². The third-order valence-electron chi connectivity index (χ3n) is 4.09. The van der Waals surface area contributed by atoms with Crippen LogP contribution in [0, 0.1) is 12.8 Å². The predicted octanol–water partition coefficient (Wildman–Crippen LogP) is 2.54. The van der Waals surface area contributed by atoms with Crippen LogP contribution in [0.2, 0.25) is 0 Å². The summed E-state index contributed by atoms with van der Waals surface area (Å²) in [6.45, 7) is 7.78. The Hall–Kier alpha value is -1.24. The molecular weight excluding hydrogens is 284 g/mol. The summed E-state index contributed by atoms with van der Waals surface area (Å²) in [5.41, 5.74) is 4.25. The fourth-order valence-electron chi connectivity index (χ4n) is 2.89. The lowest BCUT2D eigenvalue weighted by molar-refractivity contribution is 0.0830. The number of hydrogen-bond donors (Lipinski definition) is 1. The molecule has 0 bridgehead atoms. The Morgan fingerprint density at radius 3 is 3.19 bits per heavy atom. The van der Waals surface area contributed by atoms with Crippen LogP contribution in [-0.4, -0.2) is 27.9 Å². The topological polar surface area (TPSA) is 52.0 Å². The summed E-state index contributed by atoms with van der Waals surface area (Å²) in [6.07, 6.45) is 3.14. The summed E-state index contributed by atoms with van der Waals surface area (Å²) in [5, 5.41) is 7.92. The summed E-state index contributed by atoms with van der Waals surface area (Å²) in [4.78, 5) is 5.61. The highest BCUT2D eigenvalue weighted by atomic mass is 32.1. The summed E-state index contributed by atoms with van der Waals surface area (Å²) in [7, 11) is 0. The Morgan fingerprint density at radius 2 is 2.43 bits per heavy atom. The molecule has 2 atom stereocenters. The van der Waals surface area contributed by atoms with E-state index in [2.05, 4.69) is 35.3 Å². The lowest BCUT2D eigenvalue weighted by Gasteiger charge is -2.20. The molecule has 0 radical (unpaired) electrons. The van der Waals surface area contributed by atoms with Crippen LogP contribution >= 0.6 is 11.3 Å². The monoisotopic (exact) mass is 306 g/mol. The lowest BCUT2D eigenvalue weighted by atomic mass is 9.99. The molecule has 5 nitrogen and oxygen atoms in total. The van der Waals surface area contributed by atoms with E-state index in [1.165, 1.54) is 10.6 Å². The molecule has 1 aliphatic rings. The van der Waals surface area contributed by atoms with E-state index in [1.807, 2.05) is 16.4 Å². The first-order chi connectivity index (χ1) is 10.3. The van der Waals surface area contributed by atoms with Crippen LogP contribution in [0.4, 0.5) is 0 Å². The number of nitrogens with one attached hydrogen (secondary N) is 1. The fraction of sp³-hybridized carbons (Fsp3) is 0.600. The van der Waals surface area contributed by atoms with Crippen molar-refractivity contribution >= 4 is 11.3 Å².